The van der Waals surface area contributed by atoms with Crippen molar-refractivity contribution in [3.05, 3.63) is 59.2 Å². The first kappa shape index (κ1) is 18.3. The zero-order valence-electron chi connectivity index (χ0n) is 15.7. The van der Waals surface area contributed by atoms with Crippen LogP contribution in [0.3, 0.4) is 0 Å². The molecule has 1 amide bonds. The normalized spacial score (nSPS) is 15.0. The maximum atomic E-state index is 12.7. The second-order valence-corrected chi connectivity index (χ2v) is 6.81. The van der Waals surface area contributed by atoms with E-state index in [1.165, 1.54) is 24.0 Å². The number of hydrogen-bond donors (Lipinski definition) is 1. The molecule has 26 heavy (non-hydrogen) atoms. The molecule has 2 aromatic carbocycles. The van der Waals surface area contributed by atoms with Gasteiger partial charge in [0.1, 0.15) is 11.5 Å². The van der Waals surface area contributed by atoms with Crippen LogP contribution < -0.4 is 14.8 Å². The molecular weight excluding hydrogens is 326 g/mol. The Hall–Kier alpha value is -2.49. The number of carbonyl (C=O) groups is 1. The monoisotopic (exact) mass is 353 g/mol. The zero-order valence-corrected chi connectivity index (χ0v) is 15.7. The lowest BCUT2D eigenvalue weighted by Crippen LogP contribution is -2.39. The van der Waals surface area contributed by atoms with Crippen molar-refractivity contribution >= 4 is 5.91 Å². The minimum Gasteiger partial charge on any atom is -0.497 e. The van der Waals surface area contributed by atoms with E-state index in [9.17, 15) is 4.79 Å². The topological polar surface area (TPSA) is 47.6 Å². The van der Waals surface area contributed by atoms with Gasteiger partial charge in [-0.2, -0.15) is 0 Å². The minimum atomic E-state index is -0.529. The van der Waals surface area contributed by atoms with E-state index < -0.39 is 6.10 Å². The van der Waals surface area contributed by atoms with E-state index >= 15 is 0 Å². The fraction of sp³-hybridized carbons (Fsp3) is 0.409. The molecule has 2 aromatic rings. The molecule has 4 heteroatoms. The van der Waals surface area contributed by atoms with Crippen LogP contribution in [-0.4, -0.2) is 19.1 Å². The molecule has 1 aliphatic carbocycles. The van der Waals surface area contributed by atoms with Gasteiger partial charge in [0.05, 0.1) is 13.2 Å². The molecule has 0 heterocycles. The maximum absolute atomic E-state index is 12.7. The third kappa shape index (κ3) is 4.18. The molecule has 4 nitrogen and oxygen atoms in total. The Labute approximate surface area is 155 Å². The van der Waals surface area contributed by atoms with Crippen molar-refractivity contribution in [2.45, 2.75) is 51.7 Å². The quantitative estimate of drug-likeness (QED) is 0.811. The highest BCUT2D eigenvalue weighted by molar-refractivity contribution is 5.81. The lowest BCUT2D eigenvalue weighted by atomic mass is 10.0. The van der Waals surface area contributed by atoms with Crippen molar-refractivity contribution in [3.63, 3.8) is 0 Å². The highest BCUT2D eigenvalue weighted by Crippen LogP contribution is 2.26. The summed E-state index contributed by atoms with van der Waals surface area (Å²) >= 11 is 0. The Morgan fingerprint density at radius 2 is 1.88 bits per heavy atom. The first-order valence-electron chi connectivity index (χ1n) is 9.33. The van der Waals surface area contributed by atoms with Crippen molar-refractivity contribution in [1.82, 2.24) is 5.32 Å². The summed E-state index contributed by atoms with van der Waals surface area (Å²) in [5, 5.41) is 3.09. The van der Waals surface area contributed by atoms with Crippen LogP contribution in [-0.2, 0) is 17.6 Å². The number of hydrogen-bond acceptors (Lipinski definition) is 3. The van der Waals surface area contributed by atoms with Gasteiger partial charge in [-0.25, -0.2) is 0 Å². The van der Waals surface area contributed by atoms with Crippen molar-refractivity contribution in [2.75, 3.05) is 7.11 Å². The molecule has 0 spiro atoms. The van der Waals surface area contributed by atoms with Gasteiger partial charge in [-0.15, -0.1) is 0 Å². The molecular formula is C22H27NO3. The summed E-state index contributed by atoms with van der Waals surface area (Å²) in [5.41, 5.74) is 4.01. The highest BCUT2D eigenvalue weighted by Gasteiger charge is 2.21. The molecule has 1 N–H and O–H groups in total. The van der Waals surface area contributed by atoms with Crippen molar-refractivity contribution in [3.8, 4) is 11.5 Å². The second-order valence-electron chi connectivity index (χ2n) is 6.81. The molecule has 0 saturated carbocycles. The molecule has 0 radical (unpaired) electrons. The molecule has 2 unspecified atom stereocenters. The minimum absolute atomic E-state index is 0.0450. The maximum Gasteiger partial charge on any atom is 0.261 e. The van der Waals surface area contributed by atoms with Gasteiger partial charge in [0.2, 0.25) is 0 Å². The van der Waals surface area contributed by atoms with E-state index in [1.54, 1.807) is 13.2 Å². The zero-order chi connectivity index (χ0) is 18.5. The summed E-state index contributed by atoms with van der Waals surface area (Å²) < 4.78 is 11.1. The van der Waals surface area contributed by atoms with E-state index in [0.29, 0.717) is 17.9 Å². The van der Waals surface area contributed by atoms with E-state index in [4.69, 9.17) is 9.47 Å². The Bertz CT molecular complexity index is 772. The van der Waals surface area contributed by atoms with Crippen LogP contribution >= 0.6 is 0 Å². The number of aryl methyl sites for hydroxylation is 2. The predicted octanol–water partition coefficient (Wildman–Crippen LogP) is 4.22. The molecule has 0 saturated heterocycles. The largest absolute Gasteiger partial charge is 0.497 e. The number of amides is 1. The molecule has 138 valence electrons. The molecule has 0 aliphatic heterocycles. The van der Waals surface area contributed by atoms with Gasteiger partial charge in [-0.3, -0.25) is 4.79 Å². The van der Waals surface area contributed by atoms with Gasteiger partial charge < -0.3 is 14.8 Å². The van der Waals surface area contributed by atoms with Crippen LogP contribution in [0.15, 0.2) is 42.5 Å². The van der Waals surface area contributed by atoms with E-state index in [-0.39, 0.29) is 11.9 Å². The highest BCUT2D eigenvalue weighted by atomic mass is 16.5. The van der Waals surface area contributed by atoms with Crippen LogP contribution in [0.4, 0.5) is 0 Å². The third-order valence-electron chi connectivity index (χ3n) is 4.96. The summed E-state index contributed by atoms with van der Waals surface area (Å²) in [7, 11) is 1.61. The van der Waals surface area contributed by atoms with Crippen LogP contribution in [0.1, 0.15) is 49.4 Å². The fourth-order valence-corrected chi connectivity index (χ4v) is 3.41. The number of rotatable bonds is 7. The van der Waals surface area contributed by atoms with Crippen molar-refractivity contribution in [2.24, 2.45) is 0 Å². The standard InChI is InChI=1S/C22H27NO3/c1-4-21(26-20-10-6-9-19(14-20)25-3)22(24)23-15(2)17-12-11-16-7-5-8-18(16)13-17/h6,9-15,21H,4-5,7-8H2,1-3H3,(H,23,24). The lowest BCUT2D eigenvalue weighted by molar-refractivity contribution is -0.128. The van der Waals surface area contributed by atoms with Crippen LogP contribution in [0, 0.1) is 0 Å². The summed E-state index contributed by atoms with van der Waals surface area (Å²) in [6.45, 7) is 3.97. The molecule has 0 bridgehead atoms. The number of carbonyl (C=O) groups excluding carboxylic acids is 1. The number of nitrogens with one attached hydrogen (secondary N) is 1. The smallest absolute Gasteiger partial charge is 0.261 e. The predicted molar refractivity (Wildman–Crippen MR) is 103 cm³/mol. The molecule has 1 aliphatic rings. The van der Waals surface area contributed by atoms with Crippen LogP contribution in [0.2, 0.25) is 0 Å². The molecule has 2 atom stereocenters. The molecule has 0 fully saturated rings. The third-order valence-corrected chi connectivity index (χ3v) is 4.96. The Kier molecular flexibility index (Phi) is 5.82. The van der Waals surface area contributed by atoms with Crippen molar-refractivity contribution < 1.29 is 14.3 Å². The van der Waals surface area contributed by atoms with Gasteiger partial charge in [-0.1, -0.05) is 31.2 Å². The molecule has 0 aromatic heterocycles. The first-order valence-corrected chi connectivity index (χ1v) is 9.33. The number of ether oxygens (including phenoxy) is 2. The Morgan fingerprint density at radius 3 is 2.65 bits per heavy atom. The summed E-state index contributed by atoms with van der Waals surface area (Å²) in [6.07, 6.45) is 3.60. The average Bonchev–Trinajstić information content (AvgIpc) is 3.13. The van der Waals surface area contributed by atoms with Crippen LogP contribution in [0.25, 0.3) is 0 Å². The SMILES string of the molecule is CCC(Oc1cccc(OC)c1)C(=O)NC(C)c1ccc2c(c1)CCC2. The van der Waals surface area contributed by atoms with Gasteiger partial charge >= 0.3 is 0 Å². The summed E-state index contributed by atoms with van der Waals surface area (Å²) in [4.78, 5) is 12.7. The van der Waals surface area contributed by atoms with E-state index in [2.05, 4.69) is 23.5 Å². The van der Waals surface area contributed by atoms with Gasteiger partial charge in [-0.05, 0) is 61.4 Å². The number of fused-ring (bicyclic) bond motifs is 1. The lowest BCUT2D eigenvalue weighted by Gasteiger charge is -2.21. The Morgan fingerprint density at radius 1 is 1.12 bits per heavy atom. The summed E-state index contributed by atoms with van der Waals surface area (Å²) in [6, 6.07) is 13.8. The van der Waals surface area contributed by atoms with Gasteiger partial charge in [0.15, 0.2) is 6.10 Å². The number of methoxy groups -OCH3 is 1. The Balaban J connectivity index is 1.64. The fourth-order valence-electron chi connectivity index (χ4n) is 3.41. The van der Waals surface area contributed by atoms with Crippen LogP contribution in [0.5, 0.6) is 11.5 Å². The second kappa shape index (κ2) is 8.26. The first-order chi connectivity index (χ1) is 12.6. The molecule has 3 rings (SSSR count). The van der Waals surface area contributed by atoms with Gasteiger partial charge in [0, 0.05) is 6.07 Å². The number of benzene rings is 2. The van der Waals surface area contributed by atoms with Crippen molar-refractivity contribution in [1.29, 1.82) is 0 Å². The van der Waals surface area contributed by atoms with E-state index in [0.717, 1.165) is 12.0 Å². The summed E-state index contributed by atoms with van der Waals surface area (Å²) in [5.74, 6) is 1.25. The van der Waals surface area contributed by atoms with E-state index in [1.807, 2.05) is 32.0 Å². The van der Waals surface area contributed by atoms with Gasteiger partial charge in [0.25, 0.3) is 5.91 Å². The average molecular weight is 353 g/mol.